The van der Waals surface area contributed by atoms with E-state index < -0.39 is 17.5 Å². The first-order valence-corrected chi connectivity index (χ1v) is 11.4. The number of hydrogen-bond donors (Lipinski definition) is 2. The Hall–Kier alpha value is -4.71. The van der Waals surface area contributed by atoms with Crippen molar-refractivity contribution in [2.45, 2.75) is 6.54 Å². The number of para-hydroxylation sites is 1. The summed E-state index contributed by atoms with van der Waals surface area (Å²) in [6, 6.07) is 10.7. The van der Waals surface area contributed by atoms with Gasteiger partial charge in [0.2, 0.25) is 0 Å². The molecule has 194 valence electrons. The van der Waals surface area contributed by atoms with Crippen LogP contribution in [0.1, 0.15) is 5.56 Å². The average molecular weight is 522 g/mol. The fraction of sp³-hybridized carbons (Fsp3) is 0.154. The number of hydrogen-bond acceptors (Lipinski definition) is 8. The van der Waals surface area contributed by atoms with E-state index in [1.807, 2.05) is 0 Å². The second-order valence-corrected chi connectivity index (χ2v) is 8.05. The highest BCUT2D eigenvalue weighted by molar-refractivity contribution is 5.92. The molecule has 3 aromatic heterocycles. The number of rotatable bonds is 9. The molecule has 0 aliphatic carbocycles. The molecule has 0 unspecified atom stereocenters. The van der Waals surface area contributed by atoms with Crippen molar-refractivity contribution >= 4 is 22.4 Å². The summed E-state index contributed by atoms with van der Waals surface area (Å²) in [5, 5.41) is 17.0. The van der Waals surface area contributed by atoms with E-state index in [2.05, 4.69) is 25.4 Å². The molecular weight excluding hydrogens is 501 g/mol. The first-order valence-electron chi connectivity index (χ1n) is 11.4. The van der Waals surface area contributed by atoms with Crippen molar-refractivity contribution in [3.63, 3.8) is 0 Å². The molecule has 0 bridgehead atoms. The topological polar surface area (TPSA) is 107 Å². The summed E-state index contributed by atoms with van der Waals surface area (Å²) in [4.78, 5) is 12.6. The third-order valence-corrected chi connectivity index (χ3v) is 5.65. The van der Waals surface area contributed by atoms with E-state index in [9.17, 15) is 13.2 Å². The largest absolute Gasteiger partial charge is 0.491 e. The van der Waals surface area contributed by atoms with Crippen LogP contribution in [0, 0.1) is 17.5 Å². The lowest BCUT2D eigenvalue weighted by atomic mass is 10.1. The van der Waals surface area contributed by atoms with Gasteiger partial charge in [-0.2, -0.15) is 5.10 Å². The Bertz CT molecular complexity index is 1590. The lowest BCUT2D eigenvalue weighted by Crippen LogP contribution is -2.08. The predicted molar refractivity (Wildman–Crippen MR) is 133 cm³/mol. The van der Waals surface area contributed by atoms with Crippen molar-refractivity contribution < 1.29 is 27.8 Å². The van der Waals surface area contributed by atoms with Gasteiger partial charge in [-0.3, -0.25) is 9.67 Å². The SMILES string of the molecule is COc1cnc(-c2nn(Cc3c(F)cc(OCCO)cc3F)c3ccccc23)nc1Nc1ccncc1F. The number of benzene rings is 2. The highest BCUT2D eigenvalue weighted by atomic mass is 19.1. The lowest BCUT2D eigenvalue weighted by Gasteiger charge is -2.11. The summed E-state index contributed by atoms with van der Waals surface area (Å²) in [6.07, 6.45) is 3.91. The third kappa shape index (κ3) is 4.93. The molecule has 5 rings (SSSR count). The van der Waals surface area contributed by atoms with Gasteiger partial charge in [-0.05, 0) is 12.1 Å². The van der Waals surface area contributed by atoms with Crippen LogP contribution in [0.25, 0.3) is 22.4 Å². The highest BCUT2D eigenvalue weighted by Crippen LogP contribution is 2.32. The van der Waals surface area contributed by atoms with Crippen molar-refractivity contribution in [1.29, 1.82) is 0 Å². The molecule has 0 spiro atoms. The van der Waals surface area contributed by atoms with Gasteiger partial charge in [0.1, 0.15) is 29.7 Å². The summed E-state index contributed by atoms with van der Waals surface area (Å²) in [6.45, 7) is -0.588. The Morgan fingerprint density at radius 2 is 1.82 bits per heavy atom. The zero-order valence-electron chi connectivity index (χ0n) is 20.0. The molecule has 0 fully saturated rings. The summed E-state index contributed by atoms with van der Waals surface area (Å²) in [5.41, 5.74) is 0.865. The molecule has 0 radical (unpaired) electrons. The Balaban J connectivity index is 1.54. The third-order valence-electron chi connectivity index (χ3n) is 5.65. The second-order valence-electron chi connectivity index (χ2n) is 8.05. The Labute approximate surface area is 214 Å². The molecule has 0 amide bonds. The van der Waals surface area contributed by atoms with E-state index >= 15 is 0 Å². The van der Waals surface area contributed by atoms with E-state index in [4.69, 9.17) is 14.6 Å². The number of halogens is 3. The molecule has 12 heteroatoms. The number of nitrogens with one attached hydrogen (secondary N) is 1. The maximum Gasteiger partial charge on any atom is 0.183 e. The highest BCUT2D eigenvalue weighted by Gasteiger charge is 2.20. The number of methoxy groups -OCH3 is 1. The van der Waals surface area contributed by atoms with Crippen molar-refractivity contribution in [3.05, 3.63) is 84.1 Å². The minimum atomic E-state index is -0.814. The number of nitrogens with zero attached hydrogens (tertiary/aromatic N) is 5. The van der Waals surface area contributed by atoms with Gasteiger partial charge in [0.15, 0.2) is 23.2 Å². The molecule has 5 aromatic rings. The van der Waals surface area contributed by atoms with Gasteiger partial charge in [-0.15, -0.1) is 0 Å². The van der Waals surface area contributed by atoms with E-state index in [0.717, 1.165) is 18.3 Å². The van der Waals surface area contributed by atoms with Crippen LogP contribution in [0.5, 0.6) is 11.5 Å². The first kappa shape index (κ1) is 25.0. The molecule has 0 saturated carbocycles. The molecule has 0 aliphatic rings. The molecule has 3 heterocycles. The van der Waals surface area contributed by atoms with E-state index in [1.54, 1.807) is 24.3 Å². The molecule has 0 aliphatic heterocycles. The van der Waals surface area contributed by atoms with Crippen LogP contribution in [0.2, 0.25) is 0 Å². The fourth-order valence-electron chi connectivity index (χ4n) is 3.87. The van der Waals surface area contributed by atoms with Gasteiger partial charge in [-0.1, -0.05) is 18.2 Å². The van der Waals surface area contributed by atoms with Crippen molar-refractivity contribution in [2.24, 2.45) is 0 Å². The van der Waals surface area contributed by atoms with Gasteiger partial charge < -0.3 is 19.9 Å². The van der Waals surface area contributed by atoms with Crippen molar-refractivity contribution in [3.8, 4) is 23.0 Å². The number of aliphatic hydroxyl groups excluding tert-OH is 1. The van der Waals surface area contributed by atoms with Crippen LogP contribution in [0.15, 0.2) is 61.1 Å². The zero-order valence-corrected chi connectivity index (χ0v) is 20.0. The molecule has 2 aromatic carbocycles. The Kier molecular flexibility index (Phi) is 7.05. The number of fused-ring (bicyclic) bond motifs is 1. The van der Waals surface area contributed by atoms with Gasteiger partial charge in [0, 0.05) is 29.3 Å². The van der Waals surface area contributed by atoms with Gasteiger partial charge in [0.25, 0.3) is 0 Å². The van der Waals surface area contributed by atoms with Crippen LogP contribution in [0.4, 0.5) is 24.7 Å². The minimum absolute atomic E-state index is 0.0268. The summed E-state index contributed by atoms with van der Waals surface area (Å²) < 4.78 is 55.7. The summed E-state index contributed by atoms with van der Waals surface area (Å²) in [5.74, 6) is -1.59. The smallest absolute Gasteiger partial charge is 0.183 e. The maximum atomic E-state index is 14.8. The standard InChI is InChI=1S/C26H21F3N6O3/c1-37-23-13-31-26(33-25(23)32-21-6-7-30-12-20(21)29)24-16-4-2-3-5-22(16)35(34-24)14-17-18(27)10-15(11-19(17)28)38-9-8-36/h2-7,10-13,36H,8-9,14H2,1H3,(H,30,31,32,33). The monoisotopic (exact) mass is 522 g/mol. The first-order chi connectivity index (χ1) is 18.5. The molecule has 0 atom stereocenters. The number of ether oxygens (including phenoxy) is 2. The number of pyridine rings is 1. The van der Waals surface area contributed by atoms with Crippen molar-refractivity contribution in [1.82, 2.24) is 24.7 Å². The van der Waals surface area contributed by atoms with Crippen LogP contribution in [-0.2, 0) is 6.54 Å². The quantitative estimate of drug-likeness (QED) is 0.292. The van der Waals surface area contributed by atoms with Gasteiger partial charge >= 0.3 is 0 Å². The molecule has 9 nitrogen and oxygen atoms in total. The summed E-state index contributed by atoms with van der Waals surface area (Å²) >= 11 is 0. The molecule has 0 saturated heterocycles. The number of aromatic nitrogens is 5. The molecule has 2 N–H and O–H groups in total. The van der Waals surface area contributed by atoms with Crippen LogP contribution in [-0.4, -0.2) is 50.2 Å². The molecular formula is C26H21F3N6O3. The number of aliphatic hydroxyl groups is 1. The van der Waals surface area contributed by atoms with Gasteiger partial charge in [0.05, 0.1) is 43.9 Å². The zero-order chi connectivity index (χ0) is 26.6. The fourth-order valence-corrected chi connectivity index (χ4v) is 3.87. The van der Waals surface area contributed by atoms with E-state index in [0.29, 0.717) is 16.6 Å². The average Bonchev–Trinajstić information content (AvgIpc) is 3.29. The van der Waals surface area contributed by atoms with Crippen LogP contribution >= 0.6 is 0 Å². The molecule has 38 heavy (non-hydrogen) atoms. The predicted octanol–water partition coefficient (Wildman–Crippen LogP) is 4.48. The van der Waals surface area contributed by atoms with Crippen LogP contribution in [0.3, 0.4) is 0 Å². The second kappa shape index (κ2) is 10.7. The Morgan fingerprint density at radius 1 is 1.03 bits per heavy atom. The lowest BCUT2D eigenvalue weighted by molar-refractivity contribution is 0.200. The normalized spacial score (nSPS) is 11.1. The Morgan fingerprint density at radius 3 is 2.55 bits per heavy atom. The van der Waals surface area contributed by atoms with Gasteiger partial charge in [-0.25, -0.2) is 23.1 Å². The maximum absolute atomic E-state index is 14.8. The van der Waals surface area contributed by atoms with Crippen molar-refractivity contribution in [2.75, 3.05) is 25.6 Å². The van der Waals surface area contributed by atoms with E-state index in [1.165, 1.54) is 30.3 Å². The minimum Gasteiger partial charge on any atom is -0.491 e. The summed E-state index contributed by atoms with van der Waals surface area (Å²) in [7, 11) is 1.43. The van der Waals surface area contributed by atoms with E-state index in [-0.39, 0.29) is 54.2 Å². The number of anilines is 2. The van der Waals surface area contributed by atoms with Crippen LogP contribution < -0.4 is 14.8 Å².